The summed E-state index contributed by atoms with van der Waals surface area (Å²) in [6.07, 6.45) is 1.53. The van der Waals surface area contributed by atoms with Crippen LogP contribution in [-0.4, -0.2) is 27.6 Å². The molecule has 1 aromatic heterocycles. The van der Waals surface area contributed by atoms with Crippen molar-refractivity contribution >= 4 is 28.6 Å². The van der Waals surface area contributed by atoms with Gasteiger partial charge in [-0.1, -0.05) is 48.2 Å². The summed E-state index contributed by atoms with van der Waals surface area (Å²) >= 11 is 1.98. The molecular formula is C14H14IN3O2. The summed E-state index contributed by atoms with van der Waals surface area (Å²) in [4.78, 5) is 12.1. The number of rotatable bonds is 5. The van der Waals surface area contributed by atoms with Crippen molar-refractivity contribution in [3.8, 4) is 0 Å². The van der Waals surface area contributed by atoms with E-state index in [-0.39, 0.29) is 12.6 Å². The highest BCUT2D eigenvalue weighted by atomic mass is 127. The van der Waals surface area contributed by atoms with Crippen LogP contribution in [0.15, 0.2) is 43.0 Å². The molecule has 0 spiro atoms. The first kappa shape index (κ1) is 14.7. The van der Waals surface area contributed by atoms with Gasteiger partial charge in [0.1, 0.15) is 6.61 Å². The molecule has 1 aromatic carbocycles. The molecule has 0 unspecified atom stereocenters. The Bertz CT molecular complexity index is 610. The molecule has 0 saturated heterocycles. The maximum absolute atomic E-state index is 12.1. The van der Waals surface area contributed by atoms with Gasteiger partial charge in [0.15, 0.2) is 9.39 Å². The monoisotopic (exact) mass is 383 g/mol. The molecule has 0 aliphatic heterocycles. The lowest BCUT2D eigenvalue weighted by Crippen LogP contribution is -2.18. The van der Waals surface area contributed by atoms with Gasteiger partial charge in [0.25, 0.3) is 0 Å². The molecule has 5 nitrogen and oxygen atoms in total. The summed E-state index contributed by atoms with van der Waals surface area (Å²) in [6.45, 7) is 5.65. The standard InChI is InChI=1S/C14H14IN3O2/c1-3-9-20-14(19)12-13(15)16-17-18(12)10(2)11-7-5-4-6-8-11/h3-8,10H,1,9H2,2H3/t10-/m1/s1. The predicted octanol–water partition coefficient (Wildman–Crippen LogP) is 2.83. The number of benzene rings is 1. The summed E-state index contributed by atoms with van der Waals surface area (Å²) in [5.41, 5.74) is 1.41. The van der Waals surface area contributed by atoms with Gasteiger partial charge in [-0.15, -0.1) is 5.10 Å². The Labute approximate surface area is 130 Å². The minimum absolute atomic E-state index is 0.0986. The number of carbonyl (C=O) groups is 1. The number of nitrogens with zero attached hydrogens (tertiary/aromatic N) is 3. The van der Waals surface area contributed by atoms with E-state index in [2.05, 4.69) is 16.9 Å². The topological polar surface area (TPSA) is 57.0 Å². The smallest absolute Gasteiger partial charge is 0.359 e. The Morgan fingerprint density at radius 2 is 2.20 bits per heavy atom. The van der Waals surface area contributed by atoms with Crippen molar-refractivity contribution in [2.24, 2.45) is 0 Å². The molecule has 0 aliphatic rings. The van der Waals surface area contributed by atoms with Crippen LogP contribution in [-0.2, 0) is 4.74 Å². The zero-order valence-electron chi connectivity index (χ0n) is 11.0. The van der Waals surface area contributed by atoms with Gasteiger partial charge < -0.3 is 4.74 Å². The SMILES string of the molecule is C=CCOC(=O)c1c(I)nnn1[C@H](C)c1ccccc1. The van der Waals surface area contributed by atoms with Crippen LogP contribution >= 0.6 is 22.6 Å². The second-order valence-electron chi connectivity index (χ2n) is 4.15. The van der Waals surface area contributed by atoms with Gasteiger partial charge in [0, 0.05) is 0 Å². The lowest BCUT2D eigenvalue weighted by Gasteiger charge is -2.14. The van der Waals surface area contributed by atoms with Crippen molar-refractivity contribution in [2.45, 2.75) is 13.0 Å². The lowest BCUT2D eigenvalue weighted by atomic mass is 10.1. The third kappa shape index (κ3) is 3.06. The second kappa shape index (κ2) is 6.65. The van der Waals surface area contributed by atoms with Crippen LogP contribution in [0, 0.1) is 3.70 Å². The fourth-order valence-electron chi connectivity index (χ4n) is 1.80. The van der Waals surface area contributed by atoms with Crippen molar-refractivity contribution in [3.05, 3.63) is 57.9 Å². The summed E-state index contributed by atoms with van der Waals surface area (Å²) in [7, 11) is 0. The predicted molar refractivity (Wildman–Crippen MR) is 83.5 cm³/mol. The molecule has 1 heterocycles. The molecule has 2 rings (SSSR count). The molecule has 1 atom stereocenters. The first-order chi connectivity index (χ1) is 9.65. The van der Waals surface area contributed by atoms with E-state index in [0.29, 0.717) is 9.39 Å². The summed E-state index contributed by atoms with van der Waals surface area (Å²) < 4.78 is 7.19. The maximum atomic E-state index is 12.1. The maximum Gasteiger partial charge on any atom is 0.359 e. The summed E-state index contributed by atoms with van der Waals surface area (Å²) in [6, 6.07) is 9.71. The number of ether oxygens (including phenoxy) is 1. The van der Waals surface area contributed by atoms with Crippen LogP contribution in [0.1, 0.15) is 29.0 Å². The van der Waals surface area contributed by atoms with E-state index in [9.17, 15) is 4.79 Å². The fourth-order valence-corrected chi connectivity index (χ4v) is 2.36. The number of hydrogen-bond acceptors (Lipinski definition) is 4. The molecule has 0 fully saturated rings. The van der Waals surface area contributed by atoms with Gasteiger partial charge in [-0.25, -0.2) is 9.48 Å². The second-order valence-corrected chi connectivity index (χ2v) is 5.17. The number of halogens is 1. The minimum atomic E-state index is -0.443. The fraction of sp³-hybridized carbons (Fsp3) is 0.214. The highest BCUT2D eigenvalue weighted by Gasteiger charge is 2.23. The van der Waals surface area contributed by atoms with E-state index >= 15 is 0 Å². The average molecular weight is 383 g/mol. The molecule has 0 N–H and O–H groups in total. The van der Waals surface area contributed by atoms with Crippen molar-refractivity contribution in [1.29, 1.82) is 0 Å². The third-order valence-electron chi connectivity index (χ3n) is 2.83. The first-order valence-electron chi connectivity index (χ1n) is 6.08. The zero-order chi connectivity index (χ0) is 14.5. The van der Waals surface area contributed by atoms with Crippen LogP contribution in [0.25, 0.3) is 0 Å². The lowest BCUT2D eigenvalue weighted by molar-refractivity contribution is 0.0532. The molecule has 0 saturated carbocycles. The summed E-state index contributed by atoms with van der Waals surface area (Å²) in [5.74, 6) is -0.443. The summed E-state index contributed by atoms with van der Waals surface area (Å²) in [5, 5.41) is 8.02. The van der Waals surface area contributed by atoms with Crippen molar-refractivity contribution in [3.63, 3.8) is 0 Å². The molecular weight excluding hydrogens is 369 g/mol. The van der Waals surface area contributed by atoms with E-state index in [0.717, 1.165) is 5.56 Å². The number of esters is 1. The molecule has 0 amide bonds. The van der Waals surface area contributed by atoms with Crippen LogP contribution < -0.4 is 0 Å². The Morgan fingerprint density at radius 3 is 2.85 bits per heavy atom. The molecule has 0 aliphatic carbocycles. The molecule has 0 bridgehead atoms. The Morgan fingerprint density at radius 1 is 1.50 bits per heavy atom. The highest BCUT2D eigenvalue weighted by molar-refractivity contribution is 14.1. The zero-order valence-corrected chi connectivity index (χ0v) is 13.1. The van der Waals surface area contributed by atoms with Gasteiger partial charge in [0.05, 0.1) is 6.04 Å². The van der Waals surface area contributed by atoms with Gasteiger partial charge >= 0.3 is 5.97 Å². The van der Waals surface area contributed by atoms with Crippen LogP contribution in [0.3, 0.4) is 0 Å². The van der Waals surface area contributed by atoms with Gasteiger partial charge in [-0.2, -0.15) is 0 Å². The molecule has 104 valence electrons. The quantitative estimate of drug-likeness (QED) is 0.453. The minimum Gasteiger partial charge on any atom is -0.457 e. The Hall–Kier alpha value is -1.70. The number of hydrogen-bond donors (Lipinski definition) is 0. The van der Waals surface area contributed by atoms with Gasteiger partial charge in [0.2, 0.25) is 0 Å². The molecule has 20 heavy (non-hydrogen) atoms. The van der Waals surface area contributed by atoms with E-state index in [1.54, 1.807) is 4.68 Å². The van der Waals surface area contributed by atoms with Crippen molar-refractivity contribution in [2.75, 3.05) is 6.61 Å². The van der Waals surface area contributed by atoms with E-state index in [4.69, 9.17) is 4.74 Å². The number of carbonyl (C=O) groups excluding carboxylic acids is 1. The van der Waals surface area contributed by atoms with E-state index < -0.39 is 5.97 Å². The Balaban J connectivity index is 2.33. The van der Waals surface area contributed by atoms with E-state index in [1.165, 1.54) is 6.08 Å². The third-order valence-corrected chi connectivity index (χ3v) is 3.55. The molecule has 0 radical (unpaired) electrons. The normalized spacial score (nSPS) is 11.9. The Kier molecular flexibility index (Phi) is 4.89. The van der Waals surface area contributed by atoms with Crippen molar-refractivity contribution in [1.82, 2.24) is 15.0 Å². The molecule has 6 heteroatoms. The van der Waals surface area contributed by atoms with Crippen LogP contribution in [0.5, 0.6) is 0 Å². The highest BCUT2D eigenvalue weighted by Crippen LogP contribution is 2.21. The van der Waals surface area contributed by atoms with Gasteiger partial charge in [-0.05, 0) is 35.1 Å². The first-order valence-corrected chi connectivity index (χ1v) is 7.16. The molecule has 2 aromatic rings. The average Bonchev–Trinajstić information content (AvgIpc) is 2.86. The van der Waals surface area contributed by atoms with Gasteiger partial charge in [-0.3, -0.25) is 0 Å². The van der Waals surface area contributed by atoms with Crippen molar-refractivity contribution < 1.29 is 9.53 Å². The van der Waals surface area contributed by atoms with E-state index in [1.807, 2.05) is 59.8 Å². The largest absolute Gasteiger partial charge is 0.457 e. The van der Waals surface area contributed by atoms with Crippen LogP contribution in [0.4, 0.5) is 0 Å². The number of aromatic nitrogens is 3. The van der Waals surface area contributed by atoms with Crippen LogP contribution in [0.2, 0.25) is 0 Å².